The molecule has 1 aliphatic heterocycles. The third-order valence-electron chi connectivity index (χ3n) is 5.71. The Morgan fingerprint density at radius 2 is 1.87 bits per heavy atom. The van der Waals surface area contributed by atoms with Crippen molar-refractivity contribution in [2.45, 2.75) is 44.6 Å². The number of amides is 1. The summed E-state index contributed by atoms with van der Waals surface area (Å²) in [7, 11) is -2.11. The van der Waals surface area contributed by atoms with Gasteiger partial charge in [0, 0.05) is 13.1 Å². The van der Waals surface area contributed by atoms with E-state index < -0.39 is 10.0 Å². The van der Waals surface area contributed by atoms with Crippen LogP contribution in [0.3, 0.4) is 0 Å². The third-order valence-corrected chi connectivity index (χ3v) is 7.59. The van der Waals surface area contributed by atoms with E-state index in [4.69, 9.17) is 4.74 Å². The molecular weight excluding hydrogens is 400 g/mol. The average Bonchev–Trinajstić information content (AvgIpc) is 2.75. The molecule has 30 heavy (non-hydrogen) atoms. The van der Waals surface area contributed by atoms with Crippen LogP contribution in [0.5, 0.6) is 5.75 Å². The molecule has 3 rings (SSSR count). The second kappa shape index (κ2) is 9.18. The second-order valence-corrected chi connectivity index (χ2v) is 9.91. The monoisotopic (exact) mass is 430 g/mol. The molecule has 2 aromatic carbocycles. The van der Waals surface area contributed by atoms with Crippen LogP contribution in [0.25, 0.3) is 0 Å². The molecule has 1 amide bonds. The molecule has 0 bridgehead atoms. The summed E-state index contributed by atoms with van der Waals surface area (Å²) in [6, 6.07) is 12.4. The zero-order valence-corrected chi connectivity index (χ0v) is 18.8. The number of carbonyl (C=O) groups is 1. The van der Waals surface area contributed by atoms with Gasteiger partial charge in [0.25, 0.3) is 0 Å². The minimum absolute atomic E-state index is 0.0990. The van der Waals surface area contributed by atoms with Crippen molar-refractivity contribution in [2.75, 3.05) is 20.2 Å². The SMILES string of the molecule is COc1ccc(S(=O)(=O)N2CCCC(C(=O)NC(C)c3cc(C)ccc3C)C2)cc1. The molecule has 1 fully saturated rings. The van der Waals surface area contributed by atoms with Gasteiger partial charge in [-0.25, -0.2) is 8.42 Å². The summed E-state index contributed by atoms with van der Waals surface area (Å²) in [4.78, 5) is 13.1. The summed E-state index contributed by atoms with van der Waals surface area (Å²) < 4.78 is 32.6. The fraction of sp³-hybridized carbons (Fsp3) is 0.435. The lowest BCUT2D eigenvalue weighted by Gasteiger charge is -2.32. The molecule has 0 saturated carbocycles. The molecule has 1 saturated heterocycles. The summed E-state index contributed by atoms with van der Waals surface area (Å²) >= 11 is 0. The first-order valence-corrected chi connectivity index (χ1v) is 11.7. The Hall–Kier alpha value is -2.38. The summed E-state index contributed by atoms with van der Waals surface area (Å²) in [5, 5.41) is 3.08. The van der Waals surface area contributed by atoms with Crippen molar-refractivity contribution in [3.8, 4) is 5.75 Å². The summed E-state index contributed by atoms with van der Waals surface area (Å²) in [6.45, 7) is 6.64. The second-order valence-electron chi connectivity index (χ2n) is 7.97. The molecule has 2 atom stereocenters. The fourth-order valence-electron chi connectivity index (χ4n) is 3.91. The van der Waals surface area contributed by atoms with Gasteiger partial charge < -0.3 is 10.1 Å². The van der Waals surface area contributed by atoms with Crippen LogP contribution in [-0.4, -0.2) is 38.8 Å². The molecule has 1 heterocycles. The number of carbonyl (C=O) groups excluding carboxylic acids is 1. The Labute approximate surface area is 179 Å². The lowest BCUT2D eigenvalue weighted by Crippen LogP contribution is -2.45. The molecule has 6 nitrogen and oxygen atoms in total. The third kappa shape index (κ3) is 4.84. The van der Waals surface area contributed by atoms with E-state index >= 15 is 0 Å². The predicted molar refractivity (Wildman–Crippen MR) is 117 cm³/mol. The first kappa shape index (κ1) is 22.3. The highest BCUT2D eigenvalue weighted by Gasteiger charge is 2.33. The van der Waals surface area contributed by atoms with Gasteiger partial charge >= 0.3 is 0 Å². The highest BCUT2D eigenvalue weighted by molar-refractivity contribution is 7.89. The van der Waals surface area contributed by atoms with Gasteiger partial charge in [0.05, 0.1) is 24.0 Å². The van der Waals surface area contributed by atoms with E-state index in [2.05, 4.69) is 23.5 Å². The Morgan fingerprint density at radius 3 is 2.53 bits per heavy atom. The van der Waals surface area contributed by atoms with Crippen molar-refractivity contribution in [2.24, 2.45) is 5.92 Å². The van der Waals surface area contributed by atoms with Crippen molar-refractivity contribution >= 4 is 15.9 Å². The van der Waals surface area contributed by atoms with Gasteiger partial charge in [0.15, 0.2) is 0 Å². The number of hydrogen-bond acceptors (Lipinski definition) is 4. The maximum absolute atomic E-state index is 13.0. The number of benzene rings is 2. The lowest BCUT2D eigenvalue weighted by atomic mass is 9.96. The van der Waals surface area contributed by atoms with Crippen molar-refractivity contribution < 1.29 is 17.9 Å². The number of hydrogen-bond donors (Lipinski definition) is 1. The van der Waals surface area contributed by atoms with Gasteiger partial charge in [-0.15, -0.1) is 0 Å². The summed E-state index contributed by atoms with van der Waals surface area (Å²) in [5.41, 5.74) is 3.36. The number of ether oxygens (including phenoxy) is 1. The molecule has 162 valence electrons. The smallest absolute Gasteiger partial charge is 0.243 e. The average molecular weight is 431 g/mol. The van der Waals surface area contributed by atoms with Crippen LogP contribution in [0.2, 0.25) is 0 Å². The molecule has 1 aliphatic rings. The van der Waals surface area contributed by atoms with Crippen molar-refractivity contribution in [1.29, 1.82) is 0 Å². The number of methoxy groups -OCH3 is 1. The van der Waals surface area contributed by atoms with Crippen molar-refractivity contribution in [1.82, 2.24) is 9.62 Å². The first-order chi connectivity index (χ1) is 14.2. The highest BCUT2D eigenvalue weighted by Crippen LogP contribution is 2.26. The molecule has 0 radical (unpaired) electrons. The predicted octanol–water partition coefficient (Wildman–Crippen LogP) is 3.59. The quantitative estimate of drug-likeness (QED) is 0.760. The molecule has 7 heteroatoms. The van der Waals surface area contributed by atoms with E-state index in [1.165, 1.54) is 11.4 Å². The minimum Gasteiger partial charge on any atom is -0.497 e. The number of aryl methyl sites for hydroxylation is 2. The Bertz CT molecular complexity index is 1000. The molecule has 2 aromatic rings. The zero-order valence-electron chi connectivity index (χ0n) is 18.0. The normalized spacial score (nSPS) is 18.6. The van der Waals surface area contributed by atoms with Gasteiger partial charge in [-0.1, -0.05) is 23.8 Å². The molecule has 0 aromatic heterocycles. The molecule has 0 spiro atoms. The van der Waals surface area contributed by atoms with Crippen LogP contribution in [0.1, 0.15) is 42.5 Å². The van der Waals surface area contributed by atoms with Gasteiger partial charge in [-0.05, 0) is 69.0 Å². The van der Waals surface area contributed by atoms with Crippen LogP contribution in [0.15, 0.2) is 47.4 Å². The van der Waals surface area contributed by atoms with Gasteiger partial charge in [-0.2, -0.15) is 4.31 Å². The highest BCUT2D eigenvalue weighted by atomic mass is 32.2. The Morgan fingerprint density at radius 1 is 1.17 bits per heavy atom. The van der Waals surface area contributed by atoms with Crippen molar-refractivity contribution in [3.05, 3.63) is 59.2 Å². The number of nitrogens with zero attached hydrogens (tertiary/aromatic N) is 1. The topological polar surface area (TPSA) is 75.7 Å². The van der Waals surface area contributed by atoms with Crippen molar-refractivity contribution in [3.63, 3.8) is 0 Å². The molecule has 1 N–H and O–H groups in total. The van der Waals surface area contributed by atoms with Gasteiger partial charge in [0.2, 0.25) is 15.9 Å². The summed E-state index contributed by atoms with van der Waals surface area (Å²) in [5.74, 6) is 0.141. The molecule has 0 aliphatic carbocycles. The van der Waals surface area contributed by atoms with E-state index in [0.29, 0.717) is 25.1 Å². The standard InChI is InChI=1S/C23H30N2O4S/c1-16-7-8-17(2)22(14-16)18(3)24-23(26)19-6-5-13-25(15-19)30(27,28)21-11-9-20(29-4)10-12-21/h7-12,14,18-19H,5-6,13,15H2,1-4H3,(H,24,26). The lowest BCUT2D eigenvalue weighted by molar-refractivity contribution is -0.126. The summed E-state index contributed by atoms with van der Waals surface area (Å²) in [6.07, 6.45) is 1.34. The molecular formula is C23H30N2O4S. The zero-order chi connectivity index (χ0) is 21.9. The maximum Gasteiger partial charge on any atom is 0.243 e. The van der Waals surface area contributed by atoms with Gasteiger partial charge in [0.1, 0.15) is 5.75 Å². The van der Waals surface area contributed by atoms with E-state index in [0.717, 1.165) is 16.7 Å². The van der Waals surface area contributed by atoms with Crippen LogP contribution >= 0.6 is 0 Å². The Balaban J connectivity index is 1.70. The number of rotatable bonds is 6. The van der Waals surface area contributed by atoms with E-state index in [-0.39, 0.29) is 29.3 Å². The number of nitrogens with one attached hydrogen (secondary N) is 1. The van der Waals surface area contributed by atoms with E-state index in [1.54, 1.807) is 24.3 Å². The van der Waals surface area contributed by atoms with Crippen LogP contribution in [0.4, 0.5) is 0 Å². The van der Waals surface area contributed by atoms with Crippen LogP contribution in [-0.2, 0) is 14.8 Å². The van der Waals surface area contributed by atoms with Crippen LogP contribution < -0.4 is 10.1 Å². The number of sulfonamides is 1. The fourth-order valence-corrected chi connectivity index (χ4v) is 5.43. The Kier molecular flexibility index (Phi) is 6.83. The minimum atomic E-state index is -3.65. The van der Waals surface area contributed by atoms with E-state index in [9.17, 15) is 13.2 Å². The van der Waals surface area contributed by atoms with E-state index in [1.807, 2.05) is 20.8 Å². The number of piperidine rings is 1. The van der Waals surface area contributed by atoms with Gasteiger partial charge in [-0.3, -0.25) is 4.79 Å². The maximum atomic E-state index is 13.0. The largest absolute Gasteiger partial charge is 0.497 e. The first-order valence-electron chi connectivity index (χ1n) is 10.2. The van der Waals surface area contributed by atoms with Crippen LogP contribution in [0, 0.1) is 19.8 Å². The molecule has 2 unspecified atom stereocenters.